The van der Waals surface area contributed by atoms with Crippen molar-refractivity contribution in [2.75, 3.05) is 0 Å². The summed E-state index contributed by atoms with van der Waals surface area (Å²) >= 11 is 1.35. The minimum absolute atomic E-state index is 0.0439. The third-order valence-electron chi connectivity index (χ3n) is 4.41. The summed E-state index contributed by atoms with van der Waals surface area (Å²) in [6.45, 7) is 1.05. The summed E-state index contributed by atoms with van der Waals surface area (Å²) in [6, 6.07) is 20.3. The molecule has 4 nitrogen and oxygen atoms in total. The van der Waals surface area contributed by atoms with Gasteiger partial charge in [-0.25, -0.2) is 0 Å². The summed E-state index contributed by atoms with van der Waals surface area (Å²) < 4.78 is 0. The molecule has 0 spiro atoms. The Labute approximate surface area is 155 Å². The lowest BCUT2D eigenvalue weighted by Crippen LogP contribution is -2.25. The third kappa shape index (κ3) is 3.13. The van der Waals surface area contributed by atoms with Gasteiger partial charge >= 0.3 is 0 Å². The molecule has 0 fully saturated rings. The van der Waals surface area contributed by atoms with E-state index < -0.39 is 0 Å². The molecule has 0 aliphatic carbocycles. The fourth-order valence-corrected chi connectivity index (χ4v) is 3.96. The number of fused-ring (bicyclic) bond motifs is 1. The standard InChI is InChI=1S/C21H17NO3S/c23-18-11-19(24)20(26-16-8-2-1-3-9-16)10-17(18)21(25)22-12-14-6-4-5-7-15(14)13-22/h1-11,23-24H,12-13H2. The fraction of sp³-hybridized carbons (Fsp3) is 0.0952. The second-order valence-corrected chi connectivity index (χ2v) is 7.30. The highest BCUT2D eigenvalue weighted by molar-refractivity contribution is 7.99. The van der Waals surface area contributed by atoms with Gasteiger partial charge in [0.1, 0.15) is 11.5 Å². The number of carbonyl (C=O) groups excluding carboxylic acids is 1. The second kappa shape index (κ2) is 6.77. The number of carbonyl (C=O) groups is 1. The summed E-state index contributed by atoms with van der Waals surface area (Å²) in [5.74, 6) is -0.493. The van der Waals surface area contributed by atoms with Gasteiger partial charge in [0.05, 0.1) is 10.5 Å². The Kier molecular flexibility index (Phi) is 4.31. The Bertz CT molecular complexity index is 947. The van der Waals surface area contributed by atoms with Gasteiger partial charge in [0, 0.05) is 24.1 Å². The first kappa shape index (κ1) is 16.5. The molecule has 130 valence electrons. The van der Waals surface area contributed by atoms with Crippen LogP contribution in [0.1, 0.15) is 21.5 Å². The number of rotatable bonds is 3. The lowest BCUT2D eigenvalue weighted by Gasteiger charge is -2.17. The Balaban J connectivity index is 1.62. The minimum atomic E-state index is -0.242. The average molecular weight is 363 g/mol. The first-order valence-electron chi connectivity index (χ1n) is 8.27. The van der Waals surface area contributed by atoms with Crippen molar-refractivity contribution < 1.29 is 15.0 Å². The molecule has 26 heavy (non-hydrogen) atoms. The summed E-state index contributed by atoms with van der Waals surface area (Å²) in [5.41, 5.74) is 2.45. The highest BCUT2D eigenvalue weighted by Crippen LogP contribution is 2.39. The number of phenolic OH excluding ortho intramolecular Hbond substituents is 2. The van der Waals surface area contributed by atoms with Crippen LogP contribution in [0.25, 0.3) is 0 Å². The zero-order valence-electron chi connectivity index (χ0n) is 13.9. The SMILES string of the molecule is O=C(c1cc(Sc2ccccc2)c(O)cc1O)N1Cc2ccccc2C1. The number of amides is 1. The van der Waals surface area contributed by atoms with Crippen LogP contribution in [0, 0.1) is 0 Å². The minimum Gasteiger partial charge on any atom is -0.507 e. The lowest BCUT2D eigenvalue weighted by molar-refractivity contribution is 0.0748. The molecule has 4 rings (SSSR count). The molecule has 0 aromatic heterocycles. The van der Waals surface area contributed by atoms with Crippen LogP contribution in [0.15, 0.2) is 76.5 Å². The Morgan fingerprint density at radius 1 is 0.846 bits per heavy atom. The quantitative estimate of drug-likeness (QED) is 0.724. The van der Waals surface area contributed by atoms with E-state index in [1.807, 2.05) is 54.6 Å². The highest BCUT2D eigenvalue weighted by atomic mass is 32.2. The van der Waals surface area contributed by atoms with E-state index in [1.165, 1.54) is 17.8 Å². The summed E-state index contributed by atoms with van der Waals surface area (Å²) in [6.07, 6.45) is 0. The van der Waals surface area contributed by atoms with Crippen LogP contribution in [-0.2, 0) is 13.1 Å². The van der Waals surface area contributed by atoms with Gasteiger partial charge in [-0.2, -0.15) is 0 Å². The van der Waals surface area contributed by atoms with Gasteiger partial charge in [0.15, 0.2) is 0 Å². The molecular weight excluding hydrogens is 346 g/mol. The van der Waals surface area contributed by atoms with Crippen molar-refractivity contribution in [2.45, 2.75) is 22.9 Å². The van der Waals surface area contributed by atoms with Gasteiger partial charge in [-0.15, -0.1) is 0 Å². The van der Waals surface area contributed by atoms with Crippen LogP contribution < -0.4 is 0 Å². The van der Waals surface area contributed by atoms with Crippen molar-refractivity contribution >= 4 is 17.7 Å². The highest BCUT2D eigenvalue weighted by Gasteiger charge is 2.26. The predicted molar refractivity (Wildman–Crippen MR) is 100 cm³/mol. The molecule has 0 saturated carbocycles. The Hall–Kier alpha value is -2.92. The van der Waals surface area contributed by atoms with Gasteiger partial charge < -0.3 is 15.1 Å². The number of aromatic hydroxyl groups is 2. The van der Waals surface area contributed by atoms with E-state index in [4.69, 9.17) is 0 Å². The molecule has 0 radical (unpaired) electrons. The topological polar surface area (TPSA) is 60.8 Å². The maximum absolute atomic E-state index is 12.9. The second-order valence-electron chi connectivity index (χ2n) is 6.18. The fourth-order valence-electron chi connectivity index (χ4n) is 3.07. The monoisotopic (exact) mass is 363 g/mol. The van der Waals surface area contributed by atoms with Crippen molar-refractivity contribution in [3.8, 4) is 11.5 Å². The van der Waals surface area contributed by atoms with Gasteiger partial charge in [0.2, 0.25) is 0 Å². The first-order chi connectivity index (χ1) is 12.6. The zero-order chi connectivity index (χ0) is 18.1. The maximum Gasteiger partial charge on any atom is 0.258 e. The van der Waals surface area contributed by atoms with Crippen LogP contribution in [0.3, 0.4) is 0 Å². The lowest BCUT2D eigenvalue weighted by atomic mass is 10.1. The molecule has 2 N–H and O–H groups in total. The molecule has 0 saturated heterocycles. The Morgan fingerprint density at radius 3 is 2.12 bits per heavy atom. The molecule has 1 aliphatic heterocycles. The molecule has 1 amide bonds. The molecule has 0 unspecified atom stereocenters. The summed E-state index contributed by atoms with van der Waals surface area (Å²) in [5, 5.41) is 20.4. The molecule has 0 bridgehead atoms. The van der Waals surface area contributed by atoms with Crippen LogP contribution in [0.5, 0.6) is 11.5 Å². The van der Waals surface area contributed by atoms with Crippen LogP contribution in [0.4, 0.5) is 0 Å². The number of nitrogens with zero attached hydrogens (tertiary/aromatic N) is 1. The van der Waals surface area contributed by atoms with E-state index in [-0.39, 0.29) is 23.0 Å². The Morgan fingerprint density at radius 2 is 1.46 bits per heavy atom. The molecule has 1 heterocycles. The number of hydrogen-bond acceptors (Lipinski definition) is 4. The van der Waals surface area contributed by atoms with Gasteiger partial charge in [-0.3, -0.25) is 4.79 Å². The summed E-state index contributed by atoms with van der Waals surface area (Å²) in [4.78, 5) is 16.1. The van der Waals surface area contributed by atoms with E-state index in [1.54, 1.807) is 11.0 Å². The van der Waals surface area contributed by atoms with Gasteiger partial charge in [-0.1, -0.05) is 54.2 Å². The molecule has 3 aromatic carbocycles. The predicted octanol–water partition coefficient (Wildman–Crippen LogP) is 4.41. The summed E-state index contributed by atoms with van der Waals surface area (Å²) in [7, 11) is 0. The maximum atomic E-state index is 12.9. The van der Waals surface area contributed by atoms with E-state index in [9.17, 15) is 15.0 Å². The van der Waals surface area contributed by atoms with Crippen molar-refractivity contribution in [2.24, 2.45) is 0 Å². The van der Waals surface area contributed by atoms with E-state index in [2.05, 4.69) is 0 Å². The zero-order valence-corrected chi connectivity index (χ0v) is 14.7. The van der Waals surface area contributed by atoms with Crippen LogP contribution >= 0.6 is 11.8 Å². The molecule has 3 aromatic rings. The molecule has 1 aliphatic rings. The van der Waals surface area contributed by atoms with E-state index in [0.29, 0.717) is 18.0 Å². The third-order valence-corrected chi connectivity index (χ3v) is 5.46. The van der Waals surface area contributed by atoms with Crippen molar-refractivity contribution in [1.29, 1.82) is 0 Å². The van der Waals surface area contributed by atoms with E-state index >= 15 is 0 Å². The molecular formula is C21H17NO3S. The normalized spacial score (nSPS) is 12.8. The van der Waals surface area contributed by atoms with Gasteiger partial charge in [-0.05, 0) is 29.3 Å². The van der Waals surface area contributed by atoms with Crippen LogP contribution in [-0.4, -0.2) is 21.0 Å². The van der Waals surface area contributed by atoms with Crippen molar-refractivity contribution in [1.82, 2.24) is 4.90 Å². The smallest absolute Gasteiger partial charge is 0.258 e. The number of hydrogen-bond donors (Lipinski definition) is 2. The number of phenols is 2. The van der Waals surface area contributed by atoms with Crippen molar-refractivity contribution in [3.05, 3.63) is 83.4 Å². The van der Waals surface area contributed by atoms with E-state index in [0.717, 1.165) is 16.0 Å². The number of benzene rings is 3. The average Bonchev–Trinajstić information content (AvgIpc) is 3.08. The molecule has 0 atom stereocenters. The largest absolute Gasteiger partial charge is 0.507 e. The first-order valence-corrected chi connectivity index (χ1v) is 9.08. The van der Waals surface area contributed by atoms with Gasteiger partial charge in [0.25, 0.3) is 5.91 Å². The van der Waals surface area contributed by atoms with Crippen molar-refractivity contribution in [3.63, 3.8) is 0 Å². The molecule has 5 heteroatoms. The van der Waals surface area contributed by atoms with Crippen LogP contribution in [0.2, 0.25) is 0 Å².